The number of carbonyl (C=O) groups is 1. The van der Waals surface area contributed by atoms with Gasteiger partial charge in [-0.1, -0.05) is 11.6 Å². The highest BCUT2D eigenvalue weighted by Crippen LogP contribution is 2.26. The first kappa shape index (κ1) is 10.2. The van der Waals surface area contributed by atoms with E-state index in [-0.39, 0.29) is 10.6 Å². The van der Waals surface area contributed by atoms with Gasteiger partial charge in [0.1, 0.15) is 5.82 Å². The van der Waals surface area contributed by atoms with Gasteiger partial charge < -0.3 is 0 Å². The van der Waals surface area contributed by atoms with E-state index in [1.54, 1.807) is 0 Å². The van der Waals surface area contributed by atoms with Crippen LogP contribution >= 0.6 is 45.8 Å². The van der Waals surface area contributed by atoms with E-state index in [1.807, 2.05) is 22.6 Å². The molecular weight excluding hydrogens is 317 g/mol. The lowest BCUT2D eigenvalue weighted by atomic mass is 10.2. The van der Waals surface area contributed by atoms with E-state index in [1.165, 1.54) is 6.07 Å². The van der Waals surface area contributed by atoms with Crippen molar-refractivity contribution in [3.63, 3.8) is 0 Å². The Morgan fingerprint density at radius 3 is 2.50 bits per heavy atom. The predicted octanol–water partition coefficient (Wildman–Crippen LogP) is 3.46. The van der Waals surface area contributed by atoms with Gasteiger partial charge in [-0.3, -0.25) is 4.79 Å². The summed E-state index contributed by atoms with van der Waals surface area (Å²) < 4.78 is 13.5. The Morgan fingerprint density at radius 1 is 1.50 bits per heavy atom. The molecule has 0 atom stereocenters. The van der Waals surface area contributed by atoms with Crippen molar-refractivity contribution in [2.45, 2.75) is 0 Å². The van der Waals surface area contributed by atoms with E-state index >= 15 is 0 Å². The molecule has 0 aromatic heterocycles. The third kappa shape index (κ3) is 1.89. The van der Waals surface area contributed by atoms with Crippen molar-refractivity contribution < 1.29 is 9.18 Å². The van der Waals surface area contributed by atoms with Gasteiger partial charge in [0.05, 0.1) is 10.6 Å². The molecular formula is C7H2Cl2FIO. The highest BCUT2D eigenvalue weighted by molar-refractivity contribution is 14.1. The van der Waals surface area contributed by atoms with Crippen LogP contribution in [0.15, 0.2) is 12.1 Å². The fourth-order valence-electron chi connectivity index (χ4n) is 0.707. The molecule has 0 radical (unpaired) electrons. The maximum Gasteiger partial charge on any atom is 0.256 e. The molecule has 1 aromatic carbocycles. The van der Waals surface area contributed by atoms with Crippen molar-refractivity contribution in [3.05, 3.63) is 32.1 Å². The van der Waals surface area contributed by atoms with Gasteiger partial charge in [0, 0.05) is 3.57 Å². The van der Waals surface area contributed by atoms with Crippen molar-refractivity contribution in [1.82, 2.24) is 0 Å². The van der Waals surface area contributed by atoms with Crippen LogP contribution in [0.1, 0.15) is 10.4 Å². The average Bonchev–Trinajstić information content (AvgIpc) is 1.97. The van der Waals surface area contributed by atoms with Crippen LogP contribution in [0.4, 0.5) is 4.39 Å². The Morgan fingerprint density at radius 2 is 2.08 bits per heavy atom. The van der Waals surface area contributed by atoms with Gasteiger partial charge >= 0.3 is 0 Å². The molecule has 0 aliphatic heterocycles. The first-order chi connectivity index (χ1) is 5.54. The largest absolute Gasteiger partial charge is 0.275 e. The van der Waals surface area contributed by atoms with Gasteiger partial charge in [0.2, 0.25) is 0 Å². The highest BCUT2D eigenvalue weighted by Gasteiger charge is 2.15. The summed E-state index contributed by atoms with van der Waals surface area (Å²) in [6.07, 6.45) is 0. The molecule has 1 rings (SSSR count). The van der Waals surface area contributed by atoms with Crippen molar-refractivity contribution in [3.8, 4) is 0 Å². The van der Waals surface area contributed by atoms with Gasteiger partial charge in [-0.2, -0.15) is 0 Å². The molecule has 0 amide bonds. The number of hydrogen-bond acceptors (Lipinski definition) is 1. The fourth-order valence-corrected chi connectivity index (χ4v) is 1.63. The van der Waals surface area contributed by atoms with E-state index < -0.39 is 11.1 Å². The second-order valence-electron chi connectivity index (χ2n) is 1.99. The van der Waals surface area contributed by atoms with Gasteiger partial charge in [-0.15, -0.1) is 0 Å². The zero-order valence-corrected chi connectivity index (χ0v) is 9.24. The molecule has 5 heteroatoms. The molecule has 1 aromatic rings. The zero-order valence-electron chi connectivity index (χ0n) is 5.57. The quantitative estimate of drug-likeness (QED) is 0.440. The second-order valence-corrected chi connectivity index (χ2v) is 3.88. The Labute approximate surface area is 92.0 Å². The molecule has 0 heterocycles. The van der Waals surface area contributed by atoms with Crippen LogP contribution < -0.4 is 0 Å². The molecule has 0 bridgehead atoms. The summed E-state index contributed by atoms with van der Waals surface area (Å²) in [5, 5.41) is -0.813. The Balaban J connectivity index is 3.43. The third-order valence-electron chi connectivity index (χ3n) is 1.24. The first-order valence-corrected chi connectivity index (χ1v) is 4.71. The van der Waals surface area contributed by atoms with Gasteiger partial charge in [-0.25, -0.2) is 4.39 Å². The summed E-state index contributed by atoms with van der Waals surface area (Å²) in [7, 11) is 0. The first-order valence-electron chi connectivity index (χ1n) is 2.87. The zero-order chi connectivity index (χ0) is 9.30. The molecule has 0 saturated carbocycles. The van der Waals surface area contributed by atoms with Crippen molar-refractivity contribution in [2.24, 2.45) is 0 Å². The summed E-state index contributed by atoms with van der Waals surface area (Å²) in [6.45, 7) is 0. The lowest BCUT2D eigenvalue weighted by Gasteiger charge is -2.01. The van der Waals surface area contributed by atoms with E-state index in [9.17, 15) is 9.18 Å². The van der Waals surface area contributed by atoms with Crippen molar-refractivity contribution in [2.75, 3.05) is 0 Å². The lowest BCUT2D eigenvalue weighted by Crippen LogP contribution is -1.97. The number of carbonyl (C=O) groups excluding carboxylic acids is 1. The predicted molar refractivity (Wildman–Crippen MR) is 54.3 cm³/mol. The molecule has 64 valence electrons. The Bertz CT molecular complexity index is 340. The SMILES string of the molecule is O=C(Cl)c1c(F)ccc(I)c1Cl. The summed E-state index contributed by atoms with van der Waals surface area (Å²) in [5.74, 6) is -0.694. The minimum atomic E-state index is -0.879. The van der Waals surface area contributed by atoms with Crippen LogP contribution in [0.3, 0.4) is 0 Å². The fraction of sp³-hybridized carbons (Fsp3) is 0. The van der Waals surface area contributed by atoms with Crippen LogP contribution in [-0.4, -0.2) is 5.24 Å². The molecule has 0 saturated heterocycles. The van der Waals surface area contributed by atoms with E-state index in [0.29, 0.717) is 3.57 Å². The minimum Gasteiger partial charge on any atom is -0.275 e. The third-order valence-corrected chi connectivity index (χ3v) is 3.04. The molecule has 0 fully saturated rings. The van der Waals surface area contributed by atoms with Crippen molar-refractivity contribution in [1.29, 1.82) is 0 Å². The van der Waals surface area contributed by atoms with E-state index in [4.69, 9.17) is 23.2 Å². The van der Waals surface area contributed by atoms with Gasteiger partial charge in [0.25, 0.3) is 5.24 Å². The minimum absolute atomic E-state index is 0.0654. The maximum absolute atomic E-state index is 12.9. The molecule has 0 unspecified atom stereocenters. The normalized spacial score (nSPS) is 10.0. The van der Waals surface area contributed by atoms with Crippen LogP contribution in [0.5, 0.6) is 0 Å². The van der Waals surface area contributed by atoms with Crippen LogP contribution in [0.2, 0.25) is 5.02 Å². The molecule has 1 nitrogen and oxygen atoms in total. The van der Waals surface area contributed by atoms with Crippen LogP contribution in [0, 0.1) is 9.39 Å². The average molecular weight is 319 g/mol. The number of hydrogen-bond donors (Lipinski definition) is 0. The van der Waals surface area contributed by atoms with Crippen molar-refractivity contribution >= 4 is 51.0 Å². The van der Waals surface area contributed by atoms with Crippen LogP contribution in [-0.2, 0) is 0 Å². The lowest BCUT2D eigenvalue weighted by molar-refractivity contribution is 0.107. The molecule has 0 aliphatic rings. The topological polar surface area (TPSA) is 17.1 Å². The Hall–Kier alpha value is 0.130. The monoisotopic (exact) mass is 318 g/mol. The second kappa shape index (κ2) is 3.89. The maximum atomic E-state index is 12.9. The highest BCUT2D eigenvalue weighted by atomic mass is 127. The smallest absolute Gasteiger partial charge is 0.256 e. The molecule has 12 heavy (non-hydrogen) atoms. The molecule has 0 aliphatic carbocycles. The molecule has 0 spiro atoms. The number of halogens is 4. The van der Waals surface area contributed by atoms with Gasteiger partial charge in [0.15, 0.2) is 0 Å². The standard InChI is InChI=1S/C7H2Cl2FIO/c8-6-4(11)2-1-3(10)5(6)7(9)12/h1-2H. The summed E-state index contributed by atoms with van der Waals surface area (Å²) in [6, 6.07) is 2.63. The Kier molecular flexibility index (Phi) is 3.31. The van der Waals surface area contributed by atoms with E-state index in [0.717, 1.165) is 6.07 Å². The van der Waals surface area contributed by atoms with E-state index in [2.05, 4.69) is 0 Å². The molecule has 0 N–H and O–H groups in total. The summed E-state index contributed by atoms with van der Waals surface area (Å²) >= 11 is 12.7. The number of rotatable bonds is 1. The summed E-state index contributed by atoms with van der Waals surface area (Å²) in [4.78, 5) is 10.7. The van der Waals surface area contributed by atoms with Gasteiger partial charge in [-0.05, 0) is 46.3 Å². The summed E-state index contributed by atoms with van der Waals surface area (Å²) in [5.41, 5.74) is -0.259. The van der Waals surface area contributed by atoms with Crippen LogP contribution in [0.25, 0.3) is 0 Å². The number of benzene rings is 1.